The molecule has 0 radical (unpaired) electrons. The third-order valence-corrected chi connectivity index (χ3v) is 9.11. The average molecular weight is 687 g/mol. The van der Waals surface area contributed by atoms with Gasteiger partial charge in [0, 0.05) is 23.8 Å². The Hall–Kier alpha value is -3.32. The molecule has 0 saturated heterocycles. The fourth-order valence-corrected chi connectivity index (χ4v) is 6.14. The third-order valence-electron chi connectivity index (χ3n) is 9.11. The smallest absolute Gasteiger partial charge is 0.460 e. The highest BCUT2D eigenvalue weighted by Crippen LogP contribution is 2.55. The molecule has 2 aromatic carbocycles. The number of fused-ring (bicyclic) bond motifs is 1. The van der Waals surface area contributed by atoms with Gasteiger partial charge in [-0.1, -0.05) is 70.1 Å². The number of carboxylic acid groups (broad SMARTS) is 1. The molecule has 0 fully saturated rings. The number of ether oxygens (including phenoxy) is 1. The van der Waals surface area contributed by atoms with E-state index in [-0.39, 0.29) is 30.3 Å². The van der Waals surface area contributed by atoms with Crippen LogP contribution in [-0.2, 0) is 10.2 Å². The van der Waals surface area contributed by atoms with Gasteiger partial charge in [-0.15, -0.1) is 0 Å². The lowest BCUT2D eigenvalue weighted by Crippen LogP contribution is -2.60. The molecule has 14 heteroatoms. The van der Waals surface area contributed by atoms with E-state index in [2.05, 4.69) is 6.92 Å². The van der Waals surface area contributed by atoms with Crippen LogP contribution in [0.5, 0.6) is 17.2 Å². The van der Waals surface area contributed by atoms with Crippen molar-refractivity contribution in [2.75, 3.05) is 6.61 Å². The Morgan fingerprint density at radius 1 is 0.809 bits per heavy atom. The number of carbonyl (C=O) groups is 1. The van der Waals surface area contributed by atoms with E-state index in [9.17, 15) is 59.6 Å². The first kappa shape index (κ1) is 38.1. The molecule has 2 aromatic rings. The molecular formula is C33H39F9O5. The highest BCUT2D eigenvalue weighted by Gasteiger charge is 2.81. The number of phenols is 2. The minimum absolute atomic E-state index is 0.0522. The molecule has 47 heavy (non-hydrogen) atoms. The number of carboxylic acids is 1. The maximum atomic E-state index is 13.8. The van der Waals surface area contributed by atoms with E-state index in [0.29, 0.717) is 25.2 Å². The lowest BCUT2D eigenvalue weighted by atomic mass is 9.66. The van der Waals surface area contributed by atoms with Gasteiger partial charge in [0.1, 0.15) is 17.2 Å². The van der Waals surface area contributed by atoms with Crippen LogP contribution >= 0.6 is 0 Å². The molecular weight excluding hydrogens is 647 g/mol. The van der Waals surface area contributed by atoms with Crippen LogP contribution < -0.4 is 4.74 Å². The summed E-state index contributed by atoms with van der Waals surface area (Å²) in [6, 6.07) is 12.0. The first-order valence-corrected chi connectivity index (χ1v) is 15.4. The van der Waals surface area contributed by atoms with Crippen molar-refractivity contribution < 1.29 is 64.4 Å². The number of rotatable bonds is 17. The zero-order chi connectivity index (χ0) is 35.3. The highest BCUT2D eigenvalue weighted by atomic mass is 19.4. The summed E-state index contributed by atoms with van der Waals surface area (Å²) >= 11 is 0. The summed E-state index contributed by atoms with van der Waals surface area (Å²) in [6.07, 6.45) is -5.00. The number of hydrogen-bond acceptors (Lipinski definition) is 4. The van der Waals surface area contributed by atoms with E-state index in [1.54, 1.807) is 24.3 Å². The van der Waals surface area contributed by atoms with E-state index in [0.717, 1.165) is 43.2 Å². The van der Waals surface area contributed by atoms with E-state index in [1.165, 1.54) is 0 Å². The second-order valence-corrected chi connectivity index (χ2v) is 12.5. The summed E-state index contributed by atoms with van der Waals surface area (Å²) in [5, 5.41) is 29.0. The second kappa shape index (κ2) is 14.8. The van der Waals surface area contributed by atoms with Crippen LogP contribution in [0.1, 0.15) is 94.6 Å². The van der Waals surface area contributed by atoms with Crippen molar-refractivity contribution in [3.05, 3.63) is 53.6 Å². The summed E-state index contributed by atoms with van der Waals surface area (Å²) in [4.78, 5) is 11.4. The van der Waals surface area contributed by atoms with Crippen LogP contribution in [0.3, 0.4) is 0 Å². The van der Waals surface area contributed by atoms with Gasteiger partial charge in [0.2, 0.25) is 0 Å². The number of aliphatic carboxylic acids is 1. The minimum Gasteiger partial charge on any atom is -0.508 e. The molecule has 3 unspecified atom stereocenters. The number of phenolic OH excluding ortho intramolecular Hbond substituents is 2. The average Bonchev–Trinajstić information content (AvgIpc) is 2.98. The lowest BCUT2D eigenvalue weighted by Gasteiger charge is -2.43. The molecule has 0 saturated carbocycles. The first-order chi connectivity index (χ1) is 21.7. The standard InChI is InChI=1S/C33H39F9O5/c1-29(22-11-13-23(43)14-12-22)20-47-27-19-24(44)15-16-25(27)26(29)10-8-6-4-2-3-5-7-9-21(28(45)46)17-18-30(34,35)31(36,37)32(38,39)33(40,41)42/h11-16,19,21,26,43-44H,2-10,17-18,20H2,1H3,(H,45,46). The molecule has 264 valence electrons. The van der Waals surface area contributed by atoms with Crippen molar-refractivity contribution in [1.29, 1.82) is 0 Å². The summed E-state index contributed by atoms with van der Waals surface area (Å²) in [5.41, 5.74) is 1.56. The monoisotopic (exact) mass is 686 g/mol. The maximum absolute atomic E-state index is 13.8. The van der Waals surface area contributed by atoms with Gasteiger partial charge in [0.05, 0.1) is 12.5 Å². The predicted octanol–water partition coefficient (Wildman–Crippen LogP) is 9.99. The molecule has 3 N–H and O–H groups in total. The van der Waals surface area contributed by atoms with Crippen molar-refractivity contribution >= 4 is 5.97 Å². The van der Waals surface area contributed by atoms with Crippen LogP contribution in [0.2, 0.25) is 0 Å². The maximum Gasteiger partial charge on any atom is 0.460 e. The zero-order valence-corrected chi connectivity index (χ0v) is 25.7. The number of unbranched alkanes of at least 4 members (excludes halogenated alkanes) is 6. The Kier molecular flexibility index (Phi) is 12.0. The summed E-state index contributed by atoms with van der Waals surface area (Å²) in [6.45, 7) is 2.46. The number of halogens is 9. The molecule has 5 nitrogen and oxygen atoms in total. The molecule has 0 amide bonds. The van der Waals surface area contributed by atoms with Gasteiger partial charge < -0.3 is 20.1 Å². The second-order valence-electron chi connectivity index (χ2n) is 12.5. The summed E-state index contributed by atoms with van der Waals surface area (Å²) in [7, 11) is 0. The molecule has 0 aliphatic carbocycles. The van der Waals surface area contributed by atoms with Gasteiger partial charge in [0.25, 0.3) is 0 Å². The molecule has 1 aliphatic rings. The van der Waals surface area contributed by atoms with Gasteiger partial charge in [-0.3, -0.25) is 4.79 Å². The van der Waals surface area contributed by atoms with E-state index in [4.69, 9.17) is 4.74 Å². The number of hydrogen-bond donors (Lipinski definition) is 3. The fourth-order valence-electron chi connectivity index (χ4n) is 6.14. The van der Waals surface area contributed by atoms with Crippen molar-refractivity contribution in [1.82, 2.24) is 0 Å². The highest BCUT2D eigenvalue weighted by molar-refractivity contribution is 5.69. The summed E-state index contributed by atoms with van der Waals surface area (Å²) < 4.78 is 124. The van der Waals surface area contributed by atoms with Crippen LogP contribution in [0, 0.1) is 5.92 Å². The number of alkyl halides is 9. The first-order valence-electron chi connectivity index (χ1n) is 15.4. The van der Waals surface area contributed by atoms with Crippen LogP contribution in [0.15, 0.2) is 42.5 Å². The molecule has 3 rings (SSSR count). The van der Waals surface area contributed by atoms with Crippen molar-refractivity contribution in [2.24, 2.45) is 5.92 Å². The Bertz CT molecular complexity index is 1330. The number of aromatic hydroxyl groups is 2. The normalized spacial score (nSPS) is 19.6. The zero-order valence-electron chi connectivity index (χ0n) is 25.7. The molecule has 1 heterocycles. The van der Waals surface area contributed by atoms with Crippen LogP contribution in [-0.4, -0.2) is 51.8 Å². The molecule has 0 spiro atoms. The van der Waals surface area contributed by atoms with Gasteiger partial charge >= 0.3 is 29.9 Å². The molecule has 0 bridgehead atoms. The number of benzene rings is 2. The molecule has 1 aliphatic heterocycles. The predicted molar refractivity (Wildman–Crippen MR) is 155 cm³/mol. The van der Waals surface area contributed by atoms with Crippen molar-refractivity contribution in [2.45, 2.75) is 113 Å². The Morgan fingerprint density at radius 2 is 1.36 bits per heavy atom. The lowest BCUT2D eigenvalue weighted by molar-refractivity contribution is -0.396. The van der Waals surface area contributed by atoms with E-state index >= 15 is 0 Å². The van der Waals surface area contributed by atoms with E-state index in [1.807, 2.05) is 18.2 Å². The fraction of sp³-hybridized carbons (Fsp3) is 0.606. The quantitative estimate of drug-likeness (QED) is 0.114. The topological polar surface area (TPSA) is 87.0 Å². The van der Waals surface area contributed by atoms with Gasteiger partial charge in [-0.25, -0.2) is 0 Å². The molecule has 3 atom stereocenters. The van der Waals surface area contributed by atoms with Gasteiger partial charge in [-0.2, -0.15) is 39.5 Å². The minimum atomic E-state index is -6.99. The Labute approximate surface area is 266 Å². The largest absolute Gasteiger partial charge is 0.508 e. The van der Waals surface area contributed by atoms with Crippen LogP contribution in [0.25, 0.3) is 0 Å². The van der Waals surface area contributed by atoms with E-state index < -0.39 is 54.1 Å². The SMILES string of the molecule is CC1(c2ccc(O)cc2)COc2cc(O)ccc2C1CCCCCCCCCC(CCC(F)(F)C(F)(F)C(F)(F)C(F)(F)F)C(=O)O. The van der Waals surface area contributed by atoms with Crippen molar-refractivity contribution in [3.8, 4) is 17.2 Å². The third kappa shape index (κ3) is 8.59. The Morgan fingerprint density at radius 3 is 1.94 bits per heavy atom. The summed E-state index contributed by atoms with van der Waals surface area (Å²) in [5.74, 6) is -21.9. The Balaban J connectivity index is 1.45. The van der Waals surface area contributed by atoms with Gasteiger partial charge in [0.15, 0.2) is 0 Å². The van der Waals surface area contributed by atoms with Crippen LogP contribution in [0.4, 0.5) is 39.5 Å². The molecule has 0 aromatic heterocycles. The van der Waals surface area contributed by atoms with Crippen molar-refractivity contribution in [3.63, 3.8) is 0 Å². The van der Waals surface area contributed by atoms with Gasteiger partial charge in [-0.05, 0) is 48.6 Å².